The van der Waals surface area contributed by atoms with E-state index in [1.165, 1.54) is 24.3 Å². The van der Waals surface area contributed by atoms with Crippen LogP contribution in [0.4, 0.5) is 10.3 Å². The van der Waals surface area contributed by atoms with Crippen LogP contribution in [0.15, 0.2) is 73.2 Å². The van der Waals surface area contributed by atoms with E-state index in [9.17, 15) is 15.2 Å². The maximum Gasteiger partial charge on any atom is 0.257 e. The number of rotatable bonds is 7. The molecule has 2 aliphatic heterocycles. The van der Waals surface area contributed by atoms with Gasteiger partial charge in [-0.3, -0.25) is 14.7 Å². The smallest absolute Gasteiger partial charge is 0.257 e. The number of anilines is 1. The largest absolute Gasteiger partial charge is 0.385 e. The molecule has 11 heteroatoms. The molecular weight excluding hydrogens is 583 g/mol. The zero-order valence-electron chi connectivity index (χ0n) is 24.2. The van der Waals surface area contributed by atoms with Crippen LogP contribution in [0.25, 0.3) is 0 Å². The van der Waals surface area contributed by atoms with Gasteiger partial charge < -0.3 is 14.7 Å². The predicted octanol–water partition coefficient (Wildman–Crippen LogP) is 5.16. The van der Waals surface area contributed by atoms with Crippen LogP contribution in [-0.4, -0.2) is 51.1 Å². The number of nitrogens with zero attached hydrogens (tertiary/aromatic N) is 6. The second kappa shape index (κ2) is 11.6. The van der Waals surface area contributed by atoms with Crippen LogP contribution in [0, 0.1) is 23.1 Å². The van der Waals surface area contributed by atoms with Crippen molar-refractivity contribution in [1.82, 2.24) is 19.9 Å². The zero-order valence-corrected chi connectivity index (χ0v) is 25.0. The fourth-order valence-electron chi connectivity index (χ4n) is 6.40. The summed E-state index contributed by atoms with van der Waals surface area (Å²) in [7, 11) is 1.42. The second-order valence-electron chi connectivity index (χ2n) is 11.2. The summed E-state index contributed by atoms with van der Waals surface area (Å²) >= 11 is 6.18. The van der Waals surface area contributed by atoms with E-state index < -0.39 is 23.1 Å². The number of carbonyl (C=O) groups excluding carboxylic acids is 1. The highest BCUT2D eigenvalue weighted by atomic mass is 35.5. The van der Waals surface area contributed by atoms with Crippen LogP contribution >= 0.6 is 11.6 Å². The van der Waals surface area contributed by atoms with Gasteiger partial charge in [-0.05, 0) is 73.7 Å². The number of benzene rings is 2. The Hall–Kier alpha value is -4.43. The summed E-state index contributed by atoms with van der Waals surface area (Å²) in [5.74, 6) is -0.711. The summed E-state index contributed by atoms with van der Waals surface area (Å²) in [6, 6.07) is 16.7. The molecule has 1 N–H and O–H groups in total. The standard InChI is InChI=1S/C33H30ClFN6O3/c1-32(43,22-10-14-40(15-11-22)31-37-12-3-13-38-31)24-16-27-29(28(35)17-24)33(44-2,23-5-7-25(34)8-6-23)41(30(27)42)20-26-9-4-21(18-36)19-39-26/h3-9,12-13,16-17,19,22,43H,10-11,14-15,20H2,1-2H3/t32?,33-/m1/s1. The molecular formula is C33H30ClFN6O3. The molecule has 2 atom stereocenters. The fraction of sp³-hybridized carbons (Fsp3) is 0.303. The molecule has 0 spiro atoms. The molecule has 1 amide bonds. The van der Waals surface area contributed by atoms with Gasteiger partial charge in [-0.1, -0.05) is 23.7 Å². The molecule has 0 radical (unpaired) electrons. The highest BCUT2D eigenvalue weighted by molar-refractivity contribution is 6.30. The van der Waals surface area contributed by atoms with Gasteiger partial charge in [-0.2, -0.15) is 5.26 Å². The highest BCUT2D eigenvalue weighted by Crippen LogP contribution is 2.49. The molecule has 0 saturated carbocycles. The lowest BCUT2D eigenvalue weighted by Crippen LogP contribution is -2.46. The number of methoxy groups -OCH3 is 1. The number of aromatic nitrogens is 3. The predicted molar refractivity (Wildman–Crippen MR) is 161 cm³/mol. The molecule has 0 aliphatic carbocycles. The van der Waals surface area contributed by atoms with Gasteiger partial charge in [0.25, 0.3) is 5.91 Å². The first-order valence-electron chi connectivity index (χ1n) is 14.3. The first-order chi connectivity index (χ1) is 21.2. The lowest BCUT2D eigenvalue weighted by molar-refractivity contribution is -0.0886. The Morgan fingerprint density at radius 1 is 1.14 bits per heavy atom. The summed E-state index contributed by atoms with van der Waals surface area (Å²) in [4.78, 5) is 30.7. The van der Waals surface area contributed by atoms with Crippen molar-refractivity contribution in [2.24, 2.45) is 5.92 Å². The van der Waals surface area contributed by atoms with Crippen molar-refractivity contribution in [3.05, 3.63) is 118 Å². The lowest BCUT2D eigenvalue weighted by Gasteiger charge is -2.40. The molecule has 44 heavy (non-hydrogen) atoms. The third-order valence-corrected chi connectivity index (χ3v) is 9.05. The first-order valence-corrected chi connectivity index (χ1v) is 14.6. The monoisotopic (exact) mass is 612 g/mol. The molecule has 2 aromatic carbocycles. The second-order valence-corrected chi connectivity index (χ2v) is 11.7. The quantitative estimate of drug-likeness (QED) is 0.304. The minimum absolute atomic E-state index is 0.0269. The summed E-state index contributed by atoms with van der Waals surface area (Å²) in [5, 5.41) is 21.5. The number of fused-ring (bicyclic) bond motifs is 1. The number of nitriles is 1. The van der Waals surface area contributed by atoms with Crippen molar-refractivity contribution >= 4 is 23.5 Å². The fourth-order valence-corrected chi connectivity index (χ4v) is 6.53. The summed E-state index contributed by atoms with van der Waals surface area (Å²) in [5.41, 5.74) is -1.23. The van der Waals surface area contributed by atoms with Crippen LogP contribution in [0.5, 0.6) is 0 Å². The average Bonchev–Trinajstić information content (AvgIpc) is 3.30. The van der Waals surface area contributed by atoms with E-state index in [2.05, 4.69) is 19.9 Å². The SMILES string of the molecule is CO[C@]1(c2ccc(Cl)cc2)c2c(F)cc(C(C)(O)C3CCN(c4ncccn4)CC3)cc2C(=O)N1Cc1ccc(C#N)cn1. The maximum absolute atomic E-state index is 16.5. The van der Waals surface area contributed by atoms with E-state index in [1.807, 2.05) is 6.07 Å². The van der Waals surface area contributed by atoms with Gasteiger partial charge in [-0.15, -0.1) is 0 Å². The number of aliphatic hydroxyl groups is 1. The van der Waals surface area contributed by atoms with Crippen LogP contribution < -0.4 is 4.90 Å². The topological polar surface area (TPSA) is 115 Å². The minimum atomic E-state index is -1.64. The Morgan fingerprint density at radius 2 is 1.84 bits per heavy atom. The van der Waals surface area contributed by atoms with Gasteiger partial charge in [0.1, 0.15) is 11.9 Å². The molecule has 1 saturated heterocycles. The number of hydrogen-bond acceptors (Lipinski definition) is 8. The van der Waals surface area contributed by atoms with Crippen LogP contribution in [0.1, 0.15) is 58.1 Å². The third-order valence-electron chi connectivity index (χ3n) is 8.80. The van der Waals surface area contributed by atoms with Gasteiger partial charge in [0, 0.05) is 49.4 Å². The van der Waals surface area contributed by atoms with E-state index in [1.54, 1.807) is 67.8 Å². The Morgan fingerprint density at radius 3 is 2.45 bits per heavy atom. The zero-order chi connectivity index (χ0) is 31.1. The van der Waals surface area contributed by atoms with Gasteiger partial charge in [-0.25, -0.2) is 14.4 Å². The van der Waals surface area contributed by atoms with Crippen molar-refractivity contribution in [2.75, 3.05) is 25.1 Å². The molecule has 0 bridgehead atoms. The number of pyridine rings is 1. The third kappa shape index (κ3) is 4.97. The molecule has 4 heterocycles. The number of halogens is 2. The molecule has 224 valence electrons. The van der Waals surface area contributed by atoms with E-state index in [-0.39, 0.29) is 23.6 Å². The Labute approximate surface area is 259 Å². The summed E-state index contributed by atoms with van der Waals surface area (Å²) in [6.45, 7) is 2.91. The summed E-state index contributed by atoms with van der Waals surface area (Å²) < 4.78 is 22.6. The van der Waals surface area contributed by atoms with E-state index in [0.717, 1.165) is 0 Å². The Bertz CT molecular complexity index is 1720. The molecule has 4 aromatic rings. The van der Waals surface area contributed by atoms with Crippen LogP contribution in [0.2, 0.25) is 5.02 Å². The van der Waals surface area contributed by atoms with Crippen molar-refractivity contribution in [2.45, 2.75) is 37.6 Å². The molecule has 6 rings (SSSR count). The molecule has 1 fully saturated rings. The van der Waals surface area contributed by atoms with Crippen molar-refractivity contribution in [3.8, 4) is 6.07 Å². The van der Waals surface area contributed by atoms with E-state index >= 15 is 4.39 Å². The molecule has 2 aromatic heterocycles. The number of amides is 1. The minimum Gasteiger partial charge on any atom is -0.385 e. The number of hydrogen-bond donors (Lipinski definition) is 1. The van der Waals surface area contributed by atoms with Crippen molar-refractivity contribution in [3.63, 3.8) is 0 Å². The van der Waals surface area contributed by atoms with Crippen LogP contribution in [-0.2, 0) is 22.6 Å². The van der Waals surface area contributed by atoms with Crippen molar-refractivity contribution < 1.29 is 19.0 Å². The Kier molecular flexibility index (Phi) is 7.80. The normalized spacial score (nSPS) is 19.9. The average molecular weight is 613 g/mol. The van der Waals surface area contributed by atoms with Gasteiger partial charge >= 0.3 is 0 Å². The van der Waals surface area contributed by atoms with Gasteiger partial charge in [0.15, 0.2) is 5.72 Å². The Balaban J connectivity index is 1.39. The van der Waals surface area contributed by atoms with Crippen LogP contribution in [0.3, 0.4) is 0 Å². The van der Waals surface area contributed by atoms with E-state index in [4.69, 9.17) is 16.3 Å². The van der Waals surface area contributed by atoms with Gasteiger partial charge in [0.2, 0.25) is 5.95 Å². The first kappa shape index (κ1) is 29.6. The number of carbonyl (C=O) groups is 1. The summed E-state index contributed by atoms with van der Waals surface area (Å²) in [6.07, 6.45) is 6.06. The van der Waals surface area contributed by atoms with E-state index in [0.29, 0.717) is 59.3 Å². The highest BCUT2D eigenvalue weighted by Gasteiger charge is 2.54. The molecule has 9 nitrogen and oxygen atoms in total. The number of piperidine rings is 1. The lowest BCUT2D eigenvalue weighted by atomic mass is 9.76. The molecule has 2 aliphatic rings. The van der Waals surface area contributed by atoms with Crippen molar-refractivity contribution in [1.29, 1.82) is 5.26 Å². The number of ether oxygens (including phenoxy) is 1. The maximum atomic E-state index is 16.5. The van der Waals surface area contributed by atoms with Gasteiger partial charge in [0.05, 0.1) is 34.5 Å². The molecule has 1 unspecified atom stereocenters.